The molecular weight excluding hydrogens is 422 g/mol. The van der Waals surface area contributed by atoms with E-state index in [1.165, 1.54) is 16.9 Å². The second-order valence-corrected chi connectivity index (χ2v) is 8.91. The third-order valence-corrected chi connectivity index (χ3v) is 6.45. The van der Waals surface area contributed by atoms with Crippen molar-refractivity contribution in [1.82, 2.24) is 14.8 Å². The largest absolute Gasteiger partial charge is 0.462 e. The van der Waals surface area contributed by atoms with E-state index in [0.717, 1.165) is 44.0 Å². The van der Waals surface area contributed by atoms with Crippen LogP contribution in [0.25, 0.3) is 11.3 Å². The van der Waals surface area contributed by atoms with Gasteiger partial charge in [0.2, 0.25) is 0 Å². The van der Waals surface area contributed by atoms with Crippen LogP contribution in [0.5, 0.6) is 0 Å². The SMILES string of the molecule is CCOC(=O)c1sc(Nc2cc(CN3CCN(C)CC3)ccc2N)nc1-c1ccccc1. The Morgan fingerprint density at radius 1 is 1.16 bits per heavy atom. The molecule has 0 amide bonds. The van der Waals surface area contributed by atoms with Crippen molar-refractivity contribution >= 4 is 33.8 Å². The molecule has 0 atom stereocenters. The van der Waals surface area contributed by atoms with Crippen LogP contribution in [0.2, 0.25) is 0 Å². The lowest BCUT2D eigenvalue weighted by atomic mass is 10.1. The first-order valence-electron chi connectivity index (χ1n) is 10.8. The van der Waals surface area contributed by atoms with Crippen molar-refractivity contribution in [2.75, 3.05) is 50.9 Å². The molecule has 3 N–H and O–H groups in total. The molecule has 4 rings (SSSR count). The standard InChI is InChI=1S/C24H29N5O2S/c1-3-31-23(30)22-21(18-7-5-4-6-8-18)27-24(32-22)26-20-15-17(9-10-19(20)25)16-29-13-11-28(2)12-14-29/h4-10,15H,3,11-14,16,25H2,1-2H3,(H,26,27). The molecule has 168 valence electrons. The highest BCUT2D eigenvalue weighted by Gasteiger charge is 2.21. The second kappa shape index (κ2) is 10.1. The van der Waals surface area contributed by atoms with Crippen LogP contribution in [-0.2, 0) is 11.3 Å². The maximum atomic E-state index is 12.6. The summed E-state index contributed by atoms with van der Waals surface area (Å²) in [5, 5.41) is 3.94. The van der Waals surface area contributed by atoms with Gasteiger partial charge in [0.15, 0.2) is 5.13 Å². The number of likely N-dealkylation sites (N-methyl/N-ethyl adjacent to an activating group) is 1. The summed E-state index contributed by atoms with van der Waals surface area (Å²) in [5.41, 5.74) is 10.4. The van der Waals surface area contributed by atoms with Gasteiger partial charge in [-0.25, -0.2) is 9.78 Å². The molecule has 0 spiro atoms. The average Bonchev–Trinajstić information content (AvgIpc) is 3.22. The van der Waals surface area contributed by atoms with Gasteiger partial charge in [0.25, 0.3) is 0 Å². The molecule has 0 bridgehead atoms. The molecule has 0 radical (unpaired) electrons. The lowest BCUT2D eigenvalue weighted by molar-refractivity contribution is 0.0532. The summed E-state index contributed by atoms with van der Waals surface area (Å²) in [4.78, 5) is 22.5. The molecule has 1 fully saturated rings. The van der Waals surface area contributed by atoms with E-state index < -0.39 is 0 Å². The maximum Gasteiger partial charge on any atom is 0.350 e. The van der Waals surface area contributed by atoms with Gasteiger partial charge in [-0.05, 0) is 31.7 Å². The summed E-state index contributed by atoms with van der Waals surface area (Å²) in [6.45, 7) is 7.26. The van der Waals surface area contributed by atoms with E-state index in [1.54, 1.807) is 6.92 Å². The average molecular weight is 452 g/mol. The Labute approximate surface area is 192 Å². The lowest BCUT2D eigenvalue weighted by Gasteiger charge is -2.32. The van der Waals surface area contributed by atoms with Crippen LogP contribution in [0, 0.1) is 0 Å². The van der Waals surface area contributed by atoms with Gasteiger partial charge in [0, 0.05) is 38.3 Å². The number of piperazine rings is 1. The summed E-state index contributed by atoms with van der Waals surface area (Å²) < 4.78 is 5.26. The van der Waals surface area contributed by atoms with E-state index >= 15 is 0 Å². The van der Waals surface area contributed by atoms with E-state index in [-0.39, 0.29) is 5.97 Å². The zero-order valence-electron chi connectivity index (χ0n) is 18.5. The summed E-state index contributed by atoms with van der Waals surface area (Å²) >= 11 is 1.28. The molecule has 1 saturated heterocycles. The zero-order chi connectivity index (χ0) is 22.5. The third kappa shape index (κ3) is 5.27. The lowest BCUT2D eigenvalue weighted by Crippen LogP contribution is -2.43. The predicted octanol–water partition coefficient (Wildman–Crippen LogP) is 4.06. The summed E-state index contributed by atoms with van der Waals surface area (Å²) in [6.07, 6.45) is 0. The number of hydrogen-bond acceptors (Lipinski definition) is 8. The molecule has 32 heavy (non-hydrogen) atoms. The number of nitrogens with zero attached hydrogens (tertiary/aromatic N) is 3. The number of nitrogens with two attached hydrogens (primary N) is 1. The number of esters is 1. The first kappa shape index (κ1) is 22.3. The highest BCUT2D eigenvalue weighted by molar-refractivity contribution is 7.18. The normalized spacial score (nSPS) is 14.9. The number of rotatable bonds is 7. The molecule has 1 aliphatic rings. The Hall–Kier alpha value is -2.94. The summed E-state index contributed by atoms with van der Waals surface area (Å²) in [5.74, 6) is -0.367. The van der Waals surface area contributed by atoms with Crippen LogP contribution in [0.1, 0.15) is 22.2 Å². The zero-order valence-corrected chi connectivity index (χ0v) is 19.3. The van der Waals surface area contributed by atoms with Crippen molar-refractivity contribution in [3.63, 3.8) is 0 Å². The fourth-order valence-electron chi connectivity index (χ4n) is 3.69. The van der Waals surface area contributed by atoms with Gasteiger partial charge >= 0.3 is 5.97 Å². The fourth-order valence-corrected chi connectivity index (χ4v) is 4.58. The molecular formula is C24H29N5O2S. The van der Waals surface area contributed by atoms with Gasteiger partial charge in [0.05, 0.1) is 23.7 Å². The number of aromatic nitrogens is 1. The van der Waals surface area contributed by atoms with Crippen molar-refractivity contribution in [2.45, 2.75) is 13.5 Å². The quantitative estimate of drug-likeness (QED) is 0.414. The van der Waals surface area contributed by atoms with Crippen LogP contribution in [0.4, 0.5) is 16.5 Å². The Balaban J connectivity index is 1.57. The van der Waals surface area contributed by atoms with Gasteiger partial charge in [-0.1, -0.05) is 47.7 Å². The molecule has 0 saturated carbocycles. The number of ether oxygens (including phenoxy) is 1. The predicted molar refractivity (Wildman–Crippen MR) is 130 cm³/mol. The molecule has 0 unspecified atom stereocenters. The van der Waals surface area contributed by atoms with Gasteiger partial charge in [-0.2, -0.15) is 0 Å². The van der Waals surface area contributed by atoms with E-state index in [0.29, 0.717) is 28.0 Å². The van der Waals surface area contributed by atoms with Gasteiger partial charge in [-0.3, -0.25) is 4.90 Å². The summed E-state index contributed by atoms with van der Waals surface area (Å²) in [6, 6.07) is 15.7. The summed E-state index contributed by atoms with van der Waals surface area (Å²) in [7, 11) is 2.16. The first-order chi connectivity index (χ1) is 15.5. The highest BCUT2D eigenvalue weighted by atomic mass is 32.1. The first-order valence-corrected chi connectivity index (χ1v) is 11.6. The number of benzene rings is 2. The highest BCUT2D eigenvalue weighted by Crippen LogP contribution is 2.34. The molecule has 2 heterocycles. The molecule has 8 heteroatoms. The fraction of sp³-hybridized carbons (Fsp3) is 0.333. The van der Waals surface area contributed by atoms with Crippen LogP contribution in [-0.4, -0.2) is 60.6 Å². The van der Waals surface area contributed by atoms with Gasteiger partial charge < -0.3 is 20.7 Å². The van der Waals surface area contributed by atoms with Crippen LogP contribution in [0.15, 0.2) is 48.5 Å². The number of nitrogens with one attached hydrogen (secondary N) is 1. The molecule has 1 aromatic heterocycles. The Morgan fingerprint density at radius 2 is 1.91 bits per heavy atom. The number of nitrogen functional groups attached to an aromatic ring is 1. The molecule has 0 aliphatic carbocycles. The number of carbonyl (C=O) groups is 1. The smallest absolute Gasteiger partial charge is 0.350 e. The van der Waals surface area contributed by atoms with Crippen LogP contribution < -0.4 is 11.1 Å². The molecule has 2 aromatic carbocycles. The van der Waals surface area contributed by atoms with Crippen molar-refractivity contribution in [1.29, 1.82) is 0 Å². The minimum atomic E-state index is -0.367. The third-order valence-electron chi connectivity index (χ3n) is 5.50. The number of hydrogen-bond donors (Lipinski definition) is 2. The van der Waals surface area contributed by atoms with E-state index in [1.807, 2.05) is 36.4 Å². The van der Waals surface area contributed by atoms with E-state index in [2.05, 4.69) is 34.3 Å². The Morgan fingerprint density at radius 3 is 2.62 bits per heavy atom. The molecule has 7 nitrogen and oxygen atoms in total. The van der Waals surface area contributed by atoms with Crippen molar-refractivity contribution in [3.05, 3.63) is 59.0 Å². The Bertz CT molecular complexity index is 1060. The minimum Gasteiger partial charge on any atom is -0.462 e. The minimum absolute atomic E-state index is 0.314. The van der Waals surface area contributed by atoms with Crippen LogP contribution in [0.3, 0.4) is 0 Å². The van der Waals surface area contributed by atoms with Crippen LogP contribution >= 0.6 is 11.3 Å². The number of anilines is 3. The van der Waals surface area contributed by atoms with Gasteiger partial charge in [0.1, 0.15) is 4.88 Å². The molecule has 1 aliphatic heterocycles. The topological polar surface area (TPSA) is 83.7 Å². The monoisotopic (exact) mass is 451 g/mol. The maximum absolute atomic E-state index is 12.6. The van der Waals surface area contributed by atoms with Crippen molar-refractivity contribution in [3.8, 4) is 11.3 Å². The van der Waals surface area contributed by atoms with Crippen molar-refractivity contribution < 1.29 is 9.53 Å². The van der Waals surface area contributed by atoms with Gasteiger partial charge in [-0.15, -0.1) is 0 Å². The van der Waals surface area contributed by atoms with E-state index in [9.17, 15) is 4.79 Å². The van der Waals surface area contributed by atoms with Crippen molar-refractivity contribution in [2.24, 2.45) is 0 Å². The number of carbonyl (C=O) groups excluding carboxylic acids is 1. The Kier molecular flexibility index (Phi) is 7.04. The van der Waals surface area contributed by atoms with E-state index in [4.69, 9.17) is 15.5 Å². The molecule has 3 aromatic rings. The number of thiazole rings is 1. The second-order valence-electron chi connectivity index (χ2n) is 7.91.